The molecule has 5 nitrogen and oxygen atoms in total. The van der Waals surface area contributed by atoms with Gasteiger partial charge in [0.2, 0.25) is 5.91 Å². The van der Waals surface area contributed by atoms with Gasteiger partial charge in [0.1, 0.15) is 6.61 Å². The second-order valence-corrected chi connectivity index (χ2v) is 3.95. The van der Waals surface area contributed by atoms with Crippen molar-refractivity contribution in [1.29, 1.82) is 0 Å². The number of amides is 1. The van der Waals surface area contributed by atoms with Crippen LogP contribution in [-0.2, 0) is 4.79 Å². The molecule has 5 heteroatoms. The fourth-order valence-electron chi connectivity index (χ4n) is 1.58. The smallest absolute Gasteiger partial charge is 0.221 e. The Kier molecular flexibility index (Phi) is 7.43. The summed E-state index contributed by atoms with van der Waals surface area (Å²) in [6.45, 7) is 4.47. The lowest BCUT2D eigenvalue weighted by atomic mass is 10.3. The number of rotatable bonds is 9. The number of methoxy groups -OCH3 is 1. The monoisotopic (exact) mass is 266 g/mol. The van der Waals surface area contributed by atoms with Crippen LogP contribution in [0.2, 0.25) is 0 Å². The SMILES string of the molecule is CCNC(=O)CCNCCOc1ccccc1OC. The Hall–Kier alpha value is -1.75. The first-order chi connectivity index (χ1) is 9.27. The van der Waals surface area contributed by atoms with Crippen LogP contribution in [0.4, 0.5) is 0 Å². The second-order valence-electron chi connectivity index (χ2n) is 3.95. The molecule has 0 fully saturated rings. The maximum atomic E-state index is 11.2. The summed E-state index contributed by atoms with van der Waals surface area (Å²) in [7, 11) is 1.62. The molecular weight excluding hydrogens is 244 g/mol. The molecule has 2 N–H and O–H groups in total. The van der Waals surface area contributed by atoms with Gasteiger partial charge >= 0.3 is 0 Å². The van der Waals surface area contributed by atoms with E-state index in [1.165, 1.54) is 0 Å². The molecule has 0 aromatic heterocycles. The number of benzene rings is 1. The molecule has 0 aliphatic heterocycles. The van der Waals surface area contributed by atoms with Gasteiger partial charge in [-0.15, -0.1) is 0 Å². The Balaban J connectivity index is 2.12. The number of nitrogens with one attached hydrogen (secondary N) is 2. The third-order valence-corrected chi connectivity index (χ3v) is 2.51. The first-order valence-electron chi connectivity index (χ1n) is 6.51. The van der Waals surface area contributed by atoms with E-state index < -0.39 is 0 Å². The van der Waals surface area contributed by atoms with Crippen molar-refractivity contribution in [3.63, 3.8) is 0 Å². The molecule has 0 bridgehead atoms. The zero-order chi connectivity index (χ0) is 13.9. The molecule has 106 valence electrons. The van der Waals surface area contributed by atoms with E-state index in [-0.39, 0.29) is 5.91 Å². The van der Waals surface area contributed by atoms with Crippen molar-refractivity contribution < 1.29 is 14.3 Å². The highest BCUT2D eigenvalue weighted by Crippen LogP contribution is 2.25. The number of para-hydroxylation sites is 2. The molecule has 1 amide bonds. The van der Waals surface area contributed by atoms with Crippen LogP contribution in [0.15, 0.2) is 24.3 Å². The molecule has 0 heterocycles. The lowest BCUT2D eigenvalue weighted by Crippen LogP contribution is -2.29. The molecule has 0 aliphatic rings. The predicted octanol–water partition coefficient (Wildman–Crippen LogP) is 1.19. The van der Waals surface area contributed by atoms with Gasteiger partial charge in [-0.1, -0.05) is 12.1 Å². The lowest BCUT2D eigenvalue weighted by Gasteiger charge is -2.10. The molecule has 1 aromatic rings. The van der Waals surface area contributed by atoms with Crippen LogP contribution in [0, 0.1) is 0 Å². The van der Waals surface area contributed by atoms with Crippen molar-refractivity contribution in [2.45, 2.75) is 13.3 Å². The summed E-state index contributed by atoms with van der Waals surface area (Å²) >= 11 is 0. The number of hydrogen-bond acceptors (Lipinski definition) is 4. The average molecular weight is 266 g/mol. The van der Waals surface area contributed by atoms with Crippen LogP contribution in [0.3, 0.4) is 0 Å². The van der Waals surface area contributed by atoms with Gasteiger partial charge in [-0.25, -0.2) is 0 Å². The molecule has 0 saturated carbocycles. The van der Waals surface area contributed by atoms with Gasteiger partial charge in [-0.05, 0) is 19.1 Å². The minimum atomic E-state index is 0.0700. The molecular formula is C14H22N2O3. The summed E-state index contributed by atoms with van der Waals surface area (Å²) in [4.78, 5) is 11.2. The molecule has 0 saturated heterocycles. The van der Waals surface area contributed by atoms with Crippen molar-refractivity contribution in [3.8, 4) is 11.5 Å². The quantitative estimate of drug-likeness (QED) is 0.659. The summed E-state index contributed by atoms with van der Waals surface area (Å²) < 4.78 is 10.8. The third kappa shape index (κ3) is 6.10. The fraction of sp³-hybridized carbons (Fsp3) is 0.500. The molecule has 0 spiro atoms. The van der Waals surface area contributed by atoms with E-state index in [4.69, 9.17) is 9.47 Å². The van der Waals surface area contributed by atoms with Gasteiger partial charge in [0.15, 0.2) is 11.5 Å². The fourth-order valence-corrected chi connectivity index (χ4v) is 1.58. The summed E-state index contributed by atoms with van der Waals surface area (Å²) in [5.74, 6) is 1.53. The van der Waals surface area contributed by atoms with Gasteiger partial charge in [0.05, 0.1) is 7.11 Å². The van der Waals surface area contributed by atoms with E-state index in [0.29, 0.717) is 32.7 Å². The maximum absolute atomic E-state index is 11.2. The van der Waals surface area contributed by atoms with E-state index in [2.05, 4.69) is 10.6 Å². The molecule has 1 aromatic carbocycles. The molecule has 1 rings (SSSR count). The van der Waals surface area contributed by atoms with E-state index in [9.17, 15) is 4.79 Å². The maximum Gasteiger partial charge on any atom is 0.221 e. The standard InChI is InChI=1S/C14H22N2O3/c1-3-16-14(17)8-9-15-10-11-19-13-7-5-4-6-12(13)18-2/h4-7,15H,3,8-11H2,1-2H3,(H,16,17). The third-order valence-electron chi connectivity index (χ3n) is 2.51. The first-order valence-corrected chi connectivity index (χ1v) is 6.51. The summed E-state index contributed by atoms with van der Waals surface area (Å²) in [5, 5.41) is 5.91. The lowest BCUT2D eigenvalue weighted by molar-refractivity contribution is -0.120. The molecule has 0 aliphatic carbocycles. The zero-order valence-corrected chi connectivity index (χ0v) is 11.6. The normalized spacial score (nSPS) is 10.0. The van der Waals surface area contributed by atoms with Crippen LogP contribution < -0.4 is 20.1 Å². The van der Waals surface area contributed by atoms with E-state index in [1.54, 1.807) is 7.11 Å². The highest BCUT2D eigenvalue weighted by molar-refractivity contribution is 5.75. The van der Waals surface area contributed by atoms with Gasteiger partial charge in [-0.2, -0.15) is 0 Å². The van der Waals surface area contributed by atoms with E-state index in [0.717, 1.165) is 11.5 Å². The predicted molar refractivity (Wildman–Crippen MR) is 74.7 cm³/mol. The van der Waals surface area contributed by atoms with E-state index in [1.807, 2.05) is 31.2 Å². The second kappa shape index (κ2) is 9.22. The Morgan fingerprint density at radius 2 is 1.95 bits per heavy atom. The minimum absolute atomic E-state index is 0.0700. The van der Waals surface area contributed by atoms with Crippen LogP contribution in [0.25, 0.3) is 0 Å². The summed E-state index contributed by atoms with van der Waals surface area (Å²) in [5.41, 5.74) is 0. The van der Waals surface area contributed by atoms with Crippen LogP contribution in [-0.4, -0.2) is 39.3 Å². The Bertz CT molecular complexity index is 383. The molecule has 19 heavy (non-hydrogen) atoms. The summed E-state index contributed by atoms with van der Waals surface area (Å²) in [6.07, 6.45) is 0.489. The topological polar surface area (TPSA) is 59.6 Å². The molecule has 0 unspecified atom stereocenters. The highest BCUT2D eigenvalue weighted by atomic mass is 16.5. The number of carbonyl (C=O) groups is 1. The Labute approximate surface area is 114 Å². The Morgan fingerprint density at radius 1 is 1.21 bits per heavy atom. The van der Waals surface area contributed by atoms with Crippen molar-refractivity contribution in [1.82, 2.24) is 10.6 Å². The zero-order valence-electron chi connectivity index (χ0n) is 11.6. The van der Waals surface area contributed by atoms with Crippen LogP contribution in [0.1, 0.15) is 13.3 Å². The average Bonchev–Trinajstić information content (AvgIpc) is 2.43. The number of hydrogen-bond donors (Lipinski definition) is 2. The van der Waals surface area contributed by atoms with Crippen molar-refractivity contribution in [2.24, 2.45) is 0 Å². The molecule has 0 radical (unpaired) electrons. The van der Waals surface area contributed by atoms with Crippen molar-refractivity contribution in [2.75, 3.05) is 33.4 Å². The Morgan fingerprint density at radius 3 is 2.63 bits per heavy atom. The largest absolute Gasteiger partial charge is 0.493 e. The van der Waals surface area contributed by atoms with Crippen LogP contribution in [0.5, 0.6) is 11.5 Å². The van der Waals surface area contributed by atoms with Gasteiger partial charge in [0.25, 0.3) is 0 Å². The number of carbonyl (C=O) groups excluding carboxylic acids is 1. The summed E-state index contributed by atoms with van der Waals surface area (Å²) in [6, 6.07) is 7.53. The van der Waals surface area contributed by atoms with Gasteiger partial charge in [0, 0.05) is 26.1 Å². The van der Waals surface area contributed by atoms with Crippen LogP contribution >= 0.6 is 0 Å². The van der Waals surface area contributed by atoms with Crippen molar-refractivity contribution in [3.05, 3.63) is 24.3 Å². The van der Waals surface area contributed by atoms with Gasteiger partial charge in [-0.3, -0.25) is 4.79 Å². The molecule has 0 atom stereocenters. The van der Waals surface area contributed by atoms with Crippen molar-refractivity contribution >= 4 is 5.91 Å². The number of ether oxygens (including phenoxy) is 2. The van der Waals surface area contributed by atoms with E-state index >= 15 is 0 Å². The minimum Gasteiger partial charge on any atom is -0.493 e. The first kappa shape index (κ1) is 15.3. The van der Waals surface area contributed by atoms with Gasteiger partial charge < -0.3 is 20.1 Å². The highest BCUT2D eigenvalue weighted by Gasteiger charge is 2.02.